The number of aliphatic hydroxyl groups is 1. The van der Waals surface area contributed by atoms with Gasteiger partial charge in [0, 0.05) is 11.1 Å². The molecule has 0 aromatic heterocycles. The molecular weight excluding hydrogens is 913 g/mol. The lowest BCUT2D eigenvalue weighted by molar-refractivity contribution is -0.0204. The third-order valence-corrected chi connectivity index (χ3v) is 14.8. The predicted octanol–water partition coefficient (Wildman–Crippen LogP) is 13.3. The van der Waals surface area contributed by atoms with Crippen molar-refractivity contribution in [3.05, 3.63) is 179 Å². The van der Waals surface area contributed by atoms with Gasteiger partial charge < -0.3 is 14.6 Å². The number of amides is 4. The van der Waals surface area contributed by atoms with Crippen LogP contribution in [0.2, 0.25) is 0 Å². The van der Waals surface area contributed by atoms with E-state index in [1.54, 1.807) is 39.0 Å². The fourth-order valence-corrected chi connectivity index (χ4v) is 11.2. The second kappa shape index (κ2) is 19.0. The summed E-state index contributed by atoms with van der Waals surface area (Å²) in [5, 5.41) is 11.7. The van der Waals surface area contributed by atoms with Crippen LogP contribution >= 0.6 is 0 Å². The molecule has 0 aliphatic carbocycles. The summed E-state index contributed by atoms with van der Waals surface area (Å²) in [6.45, 7) is 32.1. The van der Waals surface area contributed by atoms with Gasteiger partial charge in [-0.1, -0.05) is 65.0 Å². The number of hydrogen-bond acceptors (Lipinski definition) is 8. The largest absolute Gasteiger partial charge is 0.460 e. The van der Waals surface area contributed by atoms with Gasteiger partial charge in [0.15, 0.2) is 0 Å². The summed E-state index contributed by atoms with van der Waals surface area (Å²) in [5.41, 5.74) is 16.2. The van der Waals surface area contributed by atoms with Crippen LogP contribution in [0.3, 0.4) is 0 Å². The summed E-state index contributed by atoms with van der Waals surface area (Å²) in [4.78, 5) is 70.9. The van der Waals surface area contributed by atoms with Gasteiger partial charge in [0.1, 0.15) is 11.5 Å². The molecule has 0 bridgehead atoms. The number of carbonyl (C=O) groups excluding carboxylic acids is 5. The van der Waals surface area contributed by atoms with Crippen molar-refractivity contribution in [3.8, 4) is 22.6 Å². The minimum Gasteiger partial charge on any atom is -0.460 e. The molecule has 10 nitrogen and oxygen atoms in total. The number of aliphatic hydroxyl groups excluding tert-OH is 1. The minimum atomic E-state index is -1.45. The van der Waals surface area contributed by atoms with Crippen LogP contribution in [-0.2, 0) is 24.7 Å². The second-order valence-electron chi connectivity index (χ2n) is 22.1. The minimum absolute atomic E-state index is 0.0445. The maximum Gasteiger partial charge on any atom is 0.343 e. The van der Waals surface area contributed by atoms with E-state index < -0.39 is 41.4 Å². The molecular formula is C63H68N2O8. The summed E-state index contributed by atoms with van der Waals surface area (Å²) in [7, 11) is 0. The van der Waals surface area contributed by atoms with Crippen molar-refractivity contribution < 1.29 is 38.6 Å². The standard InChI is InChI=1S/C63H68N2O8/c1-17-42-28-40(23-32(3)52(42)62(11,12)13)27-41-24-33(4)53(43(18-2)29-41)64-56(66)46-21-19-44(30-50(46)57(64)67)60(70)72-54-34(5)25-48(36(7)38(54)9)49-26-35(6)55(39(10)37(49)8)73-61(71)45-20-22-47-51(31-45)59(69)65(58(47)68)63(14,15)16/h19-26,28-31,60,70H,17-18,27H2,1-16H3. The van der Waals surface area contributed by atoms with Crippen LogP contribution in [0.4, 0.5) is 5.69 Å². The van der Waals surface area contributed by atoms with Gasteiger partial charge in [0.2, 0.25) is 6.29 Å². The lowest BCUT2D eigenvalue weighted by Gasteiger charge is -2.29. The van der Waals surface area contributed by atoms with Gasteiger partial charge in [0.05, 0.1) is 33.5 Å². The fourth-order valence-electron chi connectivity index (χ4n) is 11.2. The first-order valence-electron chi connectivity index (χ1n) is 25.3. The van der Waals surface area contributed by atoms with Gasteiger partial charge in [-0.3, -0.25) is 24.1 Å². The molecule has 0 saturated carbocycles. The van der Waals surface area contributed by atoms with Crippen molar-refractivity contribution in [2.75, 3.05) is 4.90 Å². The van der Waals surface area contributed by atoms with Gasteiger partial charge in [0.25, 0.3) is 23.6 Å². The highest BCUT2D eigenvalue weighted by Gasteiger charge is 2.43. The van der Waals surface area contributed by atoms with Crippen LogP contribution in [0.5, 0.6) is 11.5 Å². The van der Waals surface area contributed by atoms with E-state index in [-0.39, 0.29) is 33.2 Å². The molecule has 6 aromatic rings. The average Bonchev–Trinajstić information content (AvgIpc) is 3.73. The van der Waals surface area contributed by atoms with Gasteiger partial charge in [-0.25, -0.2) is 9.69 Å². The Labute approximate surface area is 430 Å². The van der Waals surface area contributed by atoms with Crippen molar-refractivity contribution in [3.63, 3.8) is 0 Å². The molecule has 0 saturated heterocycles. The smallest absolute Gasteiger partial charge is 0.343 e. The Hall–Kier alpha value is -7.17. The van der Waals surface area contributed by atoms with E-state index in [2.05, 4.69) is 58.9 Å². The first-order valence-corrected chi connectivity index (χ1v) is 25.3. The molecule has 2 aliphatic heterocycles. The highest BCUT2D eigenvalue weighted by Crippen LogP contribution is 2.43. The van der Waals surface area contributed by atoms with Gasteiger partial charge in [-0.15, -0.1) is 0 Å². The van der Waals surface area contributed by atoms with E-state index in [1.807, 2.05) is 67.5 Å². The number of ether oxygens (including phenoxy) is 2. The number of esters is 1. The Bertz CT molecular complexity index is 3360. The highest BCUT2D eigenvalue weighted by molar-refractivity contribution is 6.35. The van der Waals surface area contributed by atoms with Crippen molar-refractivity contribution in [1.29, 1.82) is 0 Å². The molecule has 1 unspecified atom stereocenters. The van der Waals surface area contributed by atoms with Crippen LogP contribution in [0.25, 0.3) is 11.1 Å². The van der Waals surface area contributed by atoms with Crippen molar-refractivity contribution >= 4 is 35.3 Å². The number of rotatable bonds is 11. The van der Waals surface area contributed by atoms with E-state index >= 15 is 0 Å². The number of fused-ring (bicyclic) bond motifs is 2. The van der Waals surface area contributed by atoms with Crippen molar-refractivity contribution in [2.24, 2.45) is 0 Å². The molecule has 8 rings (SSSR count). The maximum atomic E-state index is 14.3. The van der Waals surface area contributed by atoms with E-state index in [9.17, 15) is 29.1 Å². The van der Waals surface area contributed by atoms with E-state index in [1.165, 1.54) is 50.3 Å². The normalized spacial score (nSPS) is 14.0. The Morgan fingerprint density at radius 1 is 0.548 bits per heavy atom. The first kappa shape index (κ1) is 52.2. The summed E-state index contributed by atoms with van der Waals surface area (Å²) in [5.74, 6) is -1.43. The zero-order valence-electron chi connectivity index (χ0n) is 45.3. The van der Waals surface area contributed by atoms with Gasteiger partial charge in [-0.2, -0.15) is 0 Å². The molecule has 10 heteroatoms. The maximum absolute atomic E-state index is 14.3. The van der Waals surface area contributed by atoms with Gasteiger partial charge >= 0.3 is 5.97 Å². The van der Waals surface area contributed by atoms with Crippen molar-refractivity contribution in [1.82, 2.24) is 4.90 Å². The SMILES string of the molecule is CCc1cc(Cc2cc(C)c(C(C)(C)C)c(CC)c2)cc(C)c1N1C(=O)c2ccc(C(O)Oc3c(C)cc(-c4cc(C)c(OC(=O)c5ccc6c(c5)C(=O)N(C(C)(C)C)C6=O)c(C)c4C)c(C)c3C)cc2C1=O. The molecule has 73 heavy (non-hydrogen) atoms. The lowest BCUT2D eigenvalue weighted by atomic mass is 9.79. The van der Waals surface area contributed by atoms with E-state index in [4.69, 9.17) is 9.47 Å². The molecule has 0 fully saturated rings. The zero-order chi connectivity index (χ0) is 53.5. The molecule has 2 heterocycles. The van der Waals surface area contributed by atoms with Crippen LogP contribution in [0.15, 0.2) is 72.8 Å². The molecule has 0 spiro atoms. The Kier molecular flexibility index (Phi) is 13.6. The predicted molar refractivity (Wildman–Crippen MR) is 288 cm³/mol. The van der Waals surface area contributed by atoms with Crippen molar-refractivity contribution in [2.45, 2.75) is 147 Å². The number of hydrogen-bond donors (Lipinski definition) is 1. The molecule has 0 radical (unpaired) electrons. The number of anilines is 1. The molecule has 4 amide bonds. The second-order valence-corrected chi connectivity index (χ2v) is 22.1. The Balaban J connectivity index is 1.01. The van der Waals surface area contributed by atoms with Gasteiger partial charge in [-0.05, 0) is 227 Å². The summed E-state index contributed by atoms with van der Waals surface area (Å²) >= 11 is 0. The molecule has 2 aliphatic rings. The average molecular weight is 981 g/mol. The highest BCUT2D eigenvalue weighted by atomic mass is 16.6. The summed E-state index contributed by atoms with van der Waals surface area (Å²) < 4.78 is 12.3. The Morgan fingerprint density at radius 2 is 1.05 bits per heavy atom. The lowest BCUT2D eigenvalue weighted by Crippen LogP contribution is -2.45. The topological polar surface area (TPSA) is 131 Å². The van der Waals surface area contributed by atoms with Crippen LogP contribution in [0, 0.1) is 55.4 Å². The number of imide groups is 2. The number of nitrogens with zero attached hydrogens (tertiary/aromatic N) is 2. The van der Waals surface area contributed by atoms with E-state index in [0.717, 1.165) is 74.0 Å². The van der Waals surface area contributed by atoms with Crippen LogP contribution < -0.4 is 14.4 Å². The molecule has 378 valence electrons. The number of benzene rings is 6. The number of aryl methyl sites for hydroxylation is 6. The third kappa shape index (κ3) is 9.20. The molecule has 6 aromatic carbocycles. The Morgan fingerprint density at radius 3 is 1.64 bits per heavy atom. The first-order chi connectivity index (χ1) is 34.2. The third-order valence-electron chi connectivity index (χ3n) is 14.8. The monoisotopic (exact) mass is 980 g/mol. The fraction of sp³-hybridized carbons (Fsp3) is 0.349. The number of carbonyl (C=O) groups is 5. The van der Waals surface area contributed by atoms with E-state index in [0.29, 0.717) is 29.2 Å². The van der Waals surface area contributed by atoms with Crippen LogP contribution in [-0.4, -0.2) is 45.1 Å². The zero-order valence-corrected chi connectivity index (χ0v) is 45.3. The van der Waals surface area contributed by atoms with Crippen LogP contribution in [0.1, 0.15) is 191 Å². The molecule has 1 N–H and O–H groups in total. The summed E-state index contributed by atoms with van der Waals surface area (Å²) in [6.07, 6.45) is 0.853. The molecule has 1 atom stereocenters. The quantitative estimate of drug-likeness (QED) is 0.0588. The summed E-state index contributed by atoms with van der Waals surface area (Å²) in [6, 6.07) is 22.0.